The first-order chi connectivity index (χ1) is 9.37. The van der Waals surface area contributed by atoms with Crippen LogP contribution < -0.4 is 0 Å². The van der Waals surface area contributed by atoms with E-state index in [2.05, 4.69) is 0 Å². The molecule has 0 aromatic heterocycles. The zero-order valence-electron chi connectivity index (χ0n) is 10.7. The highest BCUT2D eigenvalue weighted by Gasteiger charge is 2.41. The van der Waals surface area contributed by atoms with Gasteiger partial charge in [0.25, 0.3) is 10.1 Å². The molecular weight excluding hydrogens is 300 g/mol. The van der Waals surface area contributed by atoms with Crippen molar-refractivity contribution in [1.29, 1.82) is 0 Å². The molecule has 0 heterocycles. The van der Waals surface area contributed by atoms with Crippen LogP contribution >= 0.6 is 0 Å². The largest absolute Gasteiger partial charge is 0.304 e. The molecule has 2 rings (SSSR count). The van der Waals surface area contributed by atoms with Crippen LogP contribution in [-0.2, 0) is 25.4 Å². The molecule has 108 valence electrons. The lowest BCUT2D eigenvalue weighted by Crippen LogP contribution is -2.38. The molecule has 5 nitrogen and oxygen atoms in total. The van der Waals surface area contributed by atoms with Gasteiger partial charge < -0.3 is 4.55 Å². The van der Waals surface area contributed by atoms with Crippen LogP contribution in [0.3, 0.4) is 0 Å². The predicted octanol–water partition coefficient (Wildman–Crippen LogP) is 2.13. The van der Waals surface area contributed by atoms with Crippen molar-refractivity contribution < 1.29 is 21.4 Å². The van der Waals surface area contributed by atoms with E-state index in [1.54, 1.807) is 37.3 Å². The van der Waals surface area contributed by atoms with E-state index in [-0.39, 0.29) is 11.3 Å². The van der Waals surface area contributed by atoms with Gasteiger partial charge in [-0.15, -0.1) is 0 Å². The quantitative estimate of drug-likeness (QED) is 0.680. The highest BCUT2D eigenvalue weighted by Crippen LogP contribution is 2.31. The molecule has 0 radical (unpaired) electrons. The second-order valence-electron chi connectivity index (χ2n) is 4.36. The summed E-state index contributed by atoms with van der Waals surface area (Å²) in [7, 11) is -4.13. The molecule has 2 atom stereocenters. The Morgan fingerprint density at radius 3 is 2.55 bits per heavy atom. The Kier molecular flexibility index (Phi) is 4.24. The fourth-order valence-corrected chi connectivity index (χ4v) is 4.10. The van der Waals surface area contributed by atoms with E-state index < -0.39 is 26.1 Å². The van der Waals surface area contributed by atoms with Crippen molar-refractivity contribution in [2.45, 2.75) is 23.2 Å². The summed E-state index contributed by atoms with van der Waals surface area (Å²) in [4.78, 5) is -1.77. The minimum Gasteiger partial charge on any atom is -0.304 e. The highest BCUT2D eigenvalue weighted by atomic mass is 32.2. The maximum Gasteiger partial charge on any atom is 0.299 e. The lowest BCUT2D eigenvalue weighted by Gasteiger charge is -2.26. The van der Waals surface area contributed by atoms with Gasteiger partial charge >= 0.3 is 0 Å². The number of hydrogen-bond donors (Lipinski definition) is 1. The predicted molar refractivity (Wildman–Crippen MR) is 75.8 cm³/mol. The van der Waals surface area contributed by atoms with Gasteiger partial charge in [0.1, 0.15) is 0 Å². The van der Waals surface area contributed by atoms with E-state index in [1.807, 2.05) is 0 Å². The molecule has 2 unspecified atom stereocenters. The fraction of sp³-hybridized carbons (Fsp3) is 0.231. The van der Waals surface area contributed by atoms with Gasteiger partial charge in [0.15, 0.2) is 11.1 Å². The smallest absolute Gasteiger partial charge is 0.299 e. The molecule has 1 aliphatic rings. The molecular formula is C13H14O5S2. The average molecular weight is 314 g/mol. The van der Waals surface area contributed by atoms with E-state index in [0.29, 0.717) is 5.56 Å². The standard InChI is InChI=1S/C13H14O5S2/c1-11-7-3-4-8-12(11)20(16,17)18-13(19(14)15)9-5-2-6-10-13/h2-9H,10H2,1H3,(H,14,15). The van der Waals surface area contributed by atoms with Crippen LogP contribution in [0.25, 0.3) is 0 Å². The molecule has 1 aromatic rings. The Morgan fingerprint density at radius 2 is 2.00 bits per heavy atom. The Labute approximate surface area is 120 Å². The number of rotatable bonds is 4. The van der Waals surface area contributed by atoms with Gasteiger partial charge in [-0.1, -0.05) is 36.4 Å². The molecule has 0 aliphatic heterocycles. The molecule has 20 heavy (non-hydrogen) atoms. The summed E-state index contributed by atoms with van der Waals surface area (Å²) in [5.41, 5.74) is 0.515. The monoisotopic (exact) mass is 314 g/mol. The molecule has 0 saturated heterocycles. The molecule has 0 amide bonds. The van der Waals surface area contributed by atoms with Crippen LogP contribution in [0, 0.1) is 6.92 Å². The van der Waals surface area contributed by atoms with Crippen molar-refractivity contribution in [1.82, 2.24) is 0 Å². The molecule has 7 heteroatoms. The van der Waals surface area contributed by atoms with Crippen molar-refractivity contribution in [2.24, 2.45) is 0 Å². The third-order valence-corrected chi connectivity index (χ3v) is 5.51. The number of hydrogen-bond acceptors (Lipinski definition) is 4. The van der Waals surface area contributed by atoms with Gasteiger partial charge in [-0.3, -0.25) is 0 Å². The number of benzene rings is 1. The molecule has 0 fully saturated rings. The Morgan fingerprint density at radius 1 is 1.30 bits per heavy atom. The van der Waals surface area contributed by atoms with Crippen LogP contribution in [0.15, 0.2) is 53.5 Å². The summed E-state index contributed by atoms with van der Waals surface area (Å²) in [5, 5.41) is 0. The fourth-order valence-electron chi connectivity index (χ4n) is 1.87. The zero-order chi connectivity index (χ0) is 14.8. The van der Waals surface area contributed by atoms with Crippen LogP contribution in [0.4, 0.5) is 0 Å². The molecule has 1 aromatic carbocycles. The molecule has 1 N–H and O–H groups in total. The van der Waals surface area contributed by atoms with Crippen molar-refractivity contribution >= 4 is 21.2 Å². The first-order valence-corrected chi connectivity index (χ1v) is 8.35. The molecule has 0 bridgehead atoms. The van der Waals surface area contributed by atoms with Crippen molar-refractivity contribution in [3.05, 3.63) is 54.1 Å². The summed E-state index contributed by atoms with van der Waals surface area (Å²) < 4.78 is 50.6. The summed E-state index contributed by atoms with van der Waals surface area (Å²) in [6.45, 7) is 1.63. The van der Waals surface area contributed by atoms with Crippen LogP contribution in [0.2, 0.25) is 0 Å². The van der Waals surface area contributed by atoms with E-state index in [4.69, 9.17) is 4.18 Å². The van der Waals surface area contributed by atoms with Gasteiger partial charge in [0.05, 0.1) is 4.90 Å². The highest BCUT2D eigenvalue weighted by molar-refractivity contribution is 7.88. The lowest BCUT2D eigenvalue weighted by molar-refractivity contribution is 0.207. The van der Waals surface area contributed by atoms with Gasteiger partial charge in [0.2, 0.25) is 4.93 Å². The maximum absolute atomic E-state index is 12.3. The third-order valence-electron chi connectivity index (χ3n) is 2.91. The van der Waals surface area contributed by atoms with Gasteiger partial charge in [-0.2, -0.15) is 8.42 Å². The second-order valence-corrected chi connectivity index (χ2v) is 7.06. The van der Waals surface area contributed by atoms with E-state index >= 15 is 0 Å². The summed E-state index contributed by atoms with van der Waals surface area (Å²) in [5.74, 6) is 0. The normalized spacial score (nSPS) is 23.7. The Bertz CT molecular complexity index is 690. The summed E-state index contributed by atoms with van der Waals surface area (Å²) in [6, 6.07) is 6.32. The van der Waals surface area contributed by atoms with E-state index in [1.165, 1.54) is 18.2 Å². The van der Waals surface area contributed by atoms with Gasteiger partial charge in [-0.05, 0) is 24.6 Å². The first kappa shape index (κ1) is 15.1. The SMILES string of the molecule is Cc1ccccc1S(=O)(=O)OC1(S(=O)O)C=CC=CC1. The van der Waals surface area contributed by atoms with Crippen molar-refractivity contribution in [3.8, 4) is 0 Å². The molecule has 0 spiro atoms. The molecule has 0 saturated carbocycles. The number of allylic oxidation sites excluding steroid dienone is 2. The Hall–Kier alpha value is -1.28. The number of aryl methyl sites for hydroxylation is 1. The van der Waals surface area contributed by atoms with Gasteiger partial charge in [-0.25, -0.2) is 8.39 Å². The van der Waals surface area contributed by atoms with E-state index in [9.17, 15) is 17.2 Å². The zero-order valence-corrected chi connectivity index (χ0v) is 12.4. The maximum atomic E-state index is 12.3. The molecule has 1 aliphatic carbocycles. The van der Waals surface area contributed by atoms with Crippen molar-refractivity contribution in [2.75, 3.05) is 0 Å². The minimum atomic E-state index is -4.13. The third kappa shape index (κ3) is 2.90. The van der Waals surface area contributed by atoms with Crippen LogP contribution in [0.1, 0.15) is 12.0 Å². The average Bonchev–Trinajstić information content (AvgIpc) is 2.39. The van der Waals surface area contributed by atoms with Crippen LogP contribution in [0.5, 0.6) is 0 Å². The second kappa shape index (κ2) is 5.61. The van der Waals surface area contributed by atoms with Gasteiger partial charge in [0, 0.05) is 6.42 Å². The topological polar surface area (TPSA) is 80.7 Å². The lowest BCUT2D eigenvalue weighted by atomic mass is 10.1. The summed E-state index contributed by atoms with van der Waals surface area (Å²) >= 11 is -2.48. The minimum absolute atomic E-state index is 0.00669. The van der Waals surface area contributed by atoms with Crippen LogP contribution in [-0.4, -0.2) is 22.1 Å². The van der Waals surface area contributed by atoms with E-state index in [0.717, 1.165) is 0 Å². The van der Waals surface area contributed by atoms with Crippen molar-refractivity contribution in [3.63, 3.8) is 0 Å². The summed E-state index contributed by atoms with van der Waals surface area (Å²) in [6.07, 6.45) is 6.04. The Balaban J connectivity index is 2.41. The first-order valence-electron chi connectivity index (χ1n) is 5.84.